The molecule has 5 heteroatoms. The summed E-state index contributed by atoms with van der Waals surface area (Å²) in [6.45, 7) is 1.83. The third kappa shape index (κ3) is 2.70. The van der Waals surface area contributed by atoms with Crippen LogP contribution in [0.5, 0.6) is 0 Å². The Hall–Kier alpha value is -0.580. The number of aryl methyl sites for hydroxylation is 2. The molecular formula is C9H10ClO3S-. The largest absolute Gasteiger partial charge is 0.744 e. The molecule has 14 heavy (non-hydrogen) atoms. The average Bonchev–Trinajstić information content (AvgIpc) is 2.02. The summed E-state index contributed by atoms with van der Waals surface area (Å²) in [4.78, 5) is -0.163. The van der Waals surface area contributed by atoms with Crippen LogP contribution in [0.2, 0.25) is 0 Å². The zero-order chi connectivity index (χ0) is 10.8. The molecule has 0 heterocycles. The first kappa shape index (κ1) is 11.5. The van der Waals surface area contributed by atoms with E-state index in [0.717, 1.165) is 5.56 Å². The Balaban J connectivity index is 3.29. The summed E-state index contributed by atoms with van der Waals surface area (Å²) >= 11 is 5.51. The van der Waals surface area contributed by atoms with Crippen molar-refractivity contribution in [2.75, 3.05) is 5.88 Å². The molecule has 0 spiro atoms. The van der Waals surface area contributed by atoms with E-state index in [1.165, 1.54) is 6.07 Å². The first-order valence-corrected chi connectivity index (χ1v) is 6.01. The van der Waals surface area contributed by atoms with Crippen molar-refractivity contribution >= 4 is 21.7 Å². The van der Waals surface area contributed by atoms with Gasteiger partial charge >= 0.3 is 0 Å². The number of hydrogen-bond donors (Lipinski definition) is 0. The molecule has 1 rings (SSSR count). The summed E-state index contributed by atoms with van der Waals surface area (Å²) in [7, 11) is -4.38. The van der Waals surface area contributed by atoms with Crippen LogP contribution >= 0.6 is 11.6 Å². The molecular weight excluding hydrogens is 224 g/mol. The molecule has 78 valence electrons. The SMILES string of the molecule is Cc1ccc(S(=O)(=O)[O-])c(CCCl)c1. The lowest BCUT2D eigenvalue weighted by molar-refractivity contribution is 0.462. The standard InChI is InChI=1S/C9H11ClO3S/c1-7-2-3-9(14(11,12)13)8(6-7)4-5-10/h2-3,6H,4-5H2,1H3,(H,11,12,13)/p-1. The highest BCUT2D eigenvalue weighted by Crippen LogP contribution is 2.17. The van der Waals surface area contributed by atoms with E-state index in [4.69, 9.17) is 11.6 Å². The Morgan fingerprint density at radius 2 is 2.07 bits per heavy atom. The predicted octanol–water partition coefficient (Wildman–Crippen LogP) is 1.68. The molecule has 3 nitrogen and oxygen atoms in total. The third-order valence-electron chi connectivity index (χ3n) is 1.85. The van der Waals surface area contributed by atoms with Crippen molar-refractivity contribution in [2.45, 2.75) is 18.2 Å². The molecule has 0 unspecified atom stereocenters. The van der Waals surface area contributed by atoms with Crippen molar-refractivity contribution in [3.63, 3.8) is 0 Å². The van der Waals surface area contributed by atoms with Crippen molar-refractivity contribution < 1.29 is 13.0 Å². The van der Waals surface area contributed by atoms with Crippen molar-refractivity contribution in [3.05, 3.63) is 29.3 Å². The van der Waals surface area contributed by atoms with Crippen molar-refractivity contribution in [1.82, 2.24) is 0 Å². The Labute approximate surface area is 88.5 Å². The van der Waals surface area contributed by atoms with Crippen LogP contribution < -0.4 is 0 Å². The van der Waals surface area contributed by atoms with Crippen LogP contribution in [0.3, 0.4) is 0 Å². The van der Waals surface area contributed by atoms with Gasteiger partial charge in [0.15, 0.2) is 0 Å². The highest BCUT2D eigenvalue weighted by molar-refractivity contribution is 7.85. The maximum absolute atomic E-state index is 10.8. The zero-order valence-electron chi connectivity index (χ0n) is 7.66. The molecule has 0 bridgehead atoms. The first-order valence-electron chi connectivity index (χ1n) is 4.06. The molecule has 0 amide bonds. The Morgan fingerprint density at radius 1 is 1.43 bits per heavy atom. The van der Waals surface area contributed by atoms with Crippen LogP contribution in [0.25, 0.3) is 0 Å². The van der Waals surface area contributed by atoms with Gasteiger partial charge in [-0.15, -0.1) is 11.6 Å². The summed E-state index contributed by atoms with van der Waals surface area (Å²) in [5, 5.41) is 0. The minimum atomic E-state index is -4.38. The van der Waals surface area contributed by atoms with E-state index in [0.29, 0.717) is 17.9 Å². The topological polar surface area (TPSA) is 57.2 Å². The van der Waals surface area contributed by atoms with Gasteiger partial charge in [-0.05, 0) is 25.0 Å². The van der Waals surface area contributed by atoms with Gasteiger partial charge in [-0.1, -0.05) is 17.7 Å². The van der Waals surface area contributed by atoms with Gasteiger partial charge in [0.1, 0.15) is 10.1 Å². The highest BCUT2D eigenvalue weighted by Gasteiger charge is 2.08. The molecule has 0 atom stereocenters. The van der Waals surface area contributed by atoms with Crippen LogP contribution in [-0.2, 0) is 16.5 Å². The second-order valence-corrected chi connectivity index (χ2v) is 4.73. The fraction of sp³-hybridized carbons (Fsp3) is 0.333. The Morgan fingerprint density at radius 3 is 2.57 bits per heavy atom. The number of hydrogen-bond acceptors (Lipinski definition) is 3. The van der Waals surface area contributed by atoms with Gasteiger partial charge in [-0.25, -0.2) is 8.42 Å². The molecule has 1 aromatic rings. The number of alkyl halides is 1. The second kappa shape index (κ2) is 4.29. The highest BCUT2D eigenvalue weighted by atomic mass is 35.5. The van der Waals surface area contributed by atoms with E-state index in [2.05, 4.69) is 0 Å². The van der Waals surface area contributed by atoms with E-state index in [1.807, 2.05) is 6.92 Å². The lowest BCUT2D eigenvalue weighted by Gasteiger charge is -2.12. The van der Waals surface area contributed by atoms with E-state index in [9.17, 15) is 13.0 Å². The Kier molecular flexibility index (Phi) is 3.53. The molecule has 0 radical (unpaired) electrons. The van der Waals surface area contributed by atoms with Crippen molar-refractivity contribution in [3.8, 4) is 0 Å². The average molecular weight is 234 g/mol. The van der Waals surface area contributed by atoms with Crippen LogP contribution in [0.4, 0.5) is 0 Å². The summed E-state index contributed by atoms with van der Waals surface area (Å²) in [5.74, 6) is 0.298. The maximum Gasteiger partial charge on any atom is 0.124 e. The van der Waals surface area contributed by atoms with Crippen LogP contribution in [0, 0.1) is 6.92 Å². The first-order chi connectivity index (χ1) is 6.45. The van der Waals surface area contributed by atoms with Crippen molar-refractivity contribution in [2.24, 2.45) is 0 Å². The summed E-state index contributed by atoms with van der Waals surface area (Å²) in [5.41, 5.74) is 1.41. The van der Waals surface area contributed by atoms with Gasteiger partial charge in [0, 0.05) is 5.88 Å². The zero-order valence-corrected chi connectivity index (χ0v) is 9.23. The van der Waals surface area contributed by atoms with E-state index in [-0.39, 0.29) is 4.90 Å². The second-order valence-electron chi connectivity index (χ2n) is 3.00. The van der Waals surface area contributed by atoms with Gasteiger partial charge in [0.05, 0.1) is 4.90 Å². The summed E-state index contributed by atoms with van der Waals surface area (Å²) in [6.07, 6.45) is 0.389. The van der Waals surface area contributed by atoms with Gasteiger partial charge < -0.3 is 4.55 Å². The van der Waals surface area contributed by atoms with E-state index < -0.39 is 10.1 Å². The summed E-state index contributed by atoms with van der Waals surface area (Å²) in [6, 6.07) is 4.61. The minimum Gasteiger partial charge on any atom is -0.744 e. The Bertz CT molecular complexity index is 426. The molecule has 0 aliphatic carbocycles. The number of benzene rings is 1. The van der Waals surface area contributed by atoms with Crippen LogP contribution in [0.15, 0.2) is 23.1 Å². The maximum atomic E-state index is 10.8. The van der Waals surface area contributed by atoms with Gasteiger partial charge in [0.2, 0.25) is 0 Å². The van der Waals surface area contributed by atoms with Crippen LogP contribution in [0.1, 0.15) is 11.1 Å². The van der Waals surface area contributed by atoms with Gasteiger partial charge in [-0.3, -0.25) is 0 Å². The summed E-state index contributed by atoms with van der Waals surface area (Å²) < 4.78 is 32.5. The van der Waals surface area contributed by atoms with Gasteiger partial charge in [-0.2, -0.15) is 0 Å². The molecule has 0 saturated heterocycles. The normalized spacial score (nSPS) is 11.6. The smallest absolute Gasteiger partial charge is 0.124 e. The fourth-order valence-electron chi connectivity index (χ4n) is 1.25. The molecule has 0 fully saturated rings. The quantitative estimate of drug-likeness (QED) is 0.590. The van der Waals surface area contributed by atoms with E-state index >= 15 is 0 Å². The minimum absolute atomic E-state index is 0.163. The molecule has 0 aliphatic rings. The number of halogens is 1. The molecule has 0 N–H and O–H groups in total. The van der Waals surface area contributed by atoms with E-state index in [1.54, 1.807) is 12.1 Å². The van der Waals surface area contributed by atoms with Crippen molar-refractivity contribution in [1.29, 1.82) is 0 Å². The fourth-order valence-corrected chi connectivity index (χ4v) is 2.17. The molecule has 0 saturated carbocycles. The lowest BCUT2D eigenvalue weighted by Crippen LogP contribution is -2.04. The van der Waals surface area contributed by atoms with Crippen LogP contribution in [-0.4, -0.2) is 18.9 Å². The lowest BCUT2D eigenvalue weighted by atomic mass is 10.1. The number of rotatable bonds is 3. The molecule has 0 aliphatic heterocycles. The third-order valence-corrected chi connectivity index (χ3v) is 2.98. The monoisotopic (exact) mass is 233 g/mol. The molecule has 1 aromatic carbocycles. The molecule has 0 aromatic heterocycles. The van der Waals surface area contributed by atoms with Gasteiger partial charge in [0.25, 0.3) is 0 Å². The predicted molar refractivity (Wildman–Crippen MR) is 53.6 cm³/mol.